The van der Waals surface area contributed by atoms with Crippen LogP contribution in [0.2, 0.25) is 0 Å². The number of aliphatic carboxylic acids is 1. The minimum Gasteiger partial charge on any atom is -0.481 e. The van der Waals surface area contributed by atoms with Crippen molar-refractivity contribution < 1.29 is 9.90 Å². The molecule has 0 radical (unpaired) electrons. The Labute approximate surface area is 77.5 Å². The summed E-state index contributed by atoms with van der Waals surface area (Å²) in [5.74, 6) is 2.11. The van der Waals surface area contributed by atoms with Crippen molar-refractivity contribution in [2.45, 2.75) is 12.8 Å². The van der Waals surface area contributed by atoms with Crippen LogP contribution in [0.4, 0.5) is 0 Å². The lowest BCUT2D eigenvalue weighted by atomic mass is 9.76. The monoisotopic (exact) mass is 181 g/mol. The van der Waals surface area contributed by atoms with Crippen LogP contribution in [0.15, 0.2) is 0 Å². The van der Waals surface area contributed by atoms with Crippen molar-refractivity contribution in [1.29, 1.82) is 0 Å². The first-order valence-electron chi connectivity index (χ1n) is 5.21. The smallest absolute Gasteiger partial charge is 0.306 e. The first kappa shape index (κ1) is 7.80. The molecular weight excluding hydrogens is 166 g/mol. The van der Waals surface area contributed by atoms with Crippen LogP contribution in [-0.2, 0) is 4.79 Å². The van der Waals surface area contributed by atoms with Crippen molar-refractivity contribution in [2.75, 3.05) is 13.1 Å². The van der Waals surface area contributed by atoms with E-state index in [-0.39, 0.29) is 5.92 Å². The van der Waals surface area contributed by atoms with Gasteiger partial charge in [0.05, 0.1) is 5.92 Å². The minimum atomic E-state index is -0.558. The van der Waals surface area contributed by atoms with Gasteiger partial charge in [-0.15, -0.1) is 0 Å². The molecule has 1 aliphatic heterocycles. The highest BCUT2D eigenvalue weighted by Crippen LogP contribution is 2.56. The average molecular weight is 181 g/mol. The van der Waals surface area contributed by atoms with E-state index in [1.807, 2.05) is 0 Å². The lowest BCUT2D eigenvalue weighted by molar-refractivity contribution is -0.144. The minimum absolute atomic E-state index is 0.0221. The maximum absolute atomic E-state index is 11.0. The Balaban J connectivity index is 1.85. The predicted molar refractivity (Wildman–Crippen MR) is 47.2 cm³/mol. The molecule has 3 heteroatoms. The number of nitrogens with one attached hydrogen (secondary N) is 1. The molecule has 2 saturated carbocycles. The number of fused-ring (bicyclic) bond motifs is 5. The Kier molecular flexibility index (Phi) is 1.48. The van der Waals surface area contributed by atoms with Crippen molar-refractivity contribution in [1.82, 2.24) is 5.32 Å². The highest BCUT2D eigenvalue weighted by Gasteiger charge is 2.55. The van der Waals surface area contributed by atoms with E-state index >= 15 is 0 Å². The zero-order valence-corrected chi connectivity index (χ0v) is 7.57. The van der Waals surface area contributed by atoms with Gasteiger partial charge in [-0.05, 0) is 49.6 Å². The van der Waals surface area contributed by atoms with Crippen LogP contribution in [-0.4, -0.2) is 24.2 Å². The van der Waals surface area contributed by atoms with Gasteiger partial charge in [0, 0.05) is 0 Å². The fourth-order valence-corrected chi connectivity index (χ4v) is 3.92. The molecule has 2 N–H and O–H groups in total. The fourth-order valence-electron chi connectivity index (χ4n) is 3.92. The Morgan fingerprint density at radius 1 is 1.15 bits per heavy atom. The van der Waals surface area contributed by atoms with Crippen molar-refractivity contribution in [3.63, 3.8) is 0 Å². The van der Waals surface area contributed by atoms with E-state index in [9.17, 15) is 4.79 Å². The molecule has 13 heavy (non-hydrogen) atoms. The Morgan fingerprint density at radius 2 is 1.92 bits per heavy atom. The summed E-state index contributed by atoms with van der Waals surface area (Å²) in [6, 6.07) is 0. The van der Waals surface area contributed by atoms with Gasteiger partial charge in [0.15, 0.2) is 0 Å². The molecule has 3 fully saturated rings. The van der Waals surface area contributed by atoms with E-state index in [2.05, 4.69) is 5.32 Å². The van der Waals surface area contributed by atoms with Crippen molar-refractivity contribution in [3.8, 4) is 0 Å². The third-order valence-corrected chi connectivity index (χ3v) is 4.43. The number of carboxylic acids is 1. The highest BCUT2D eigenvalue weighted by atomic mass is 16.4. The molecule has 2 bridgehead atoms. The van der Waals surface area contributed by atoms with Gasteiger partial charge in [0.1, 0.15) is 0 Å². The van der Waals surface area contributed by atoms with Gasteiger partial charge in [-0.3, -0.25) is 4.79 Å². The van der Waals surface area contributed by atoms with Gasteiger partial charge in [0.25, 0.3) is 0 Å². The average Bonchev–Trinajstić information content (AvgIpc) is 2.75. The second-order valence-electron chi connectivity index (χ2n) is 4.83. The molecule has 72 valence electrons. The second kappa shape index (κ2) is 2.47. The summed E-state index contributed by atoms with van der Waals surface area (Å²) in [7, 11) is 0. The summed E-state index contributed by atoms with van der Waals surface area (Å²) in [6.45, 7) is 2.20. The molecule has 2 aliphatic carbocycles. The number of hydrogen-bond acceptors (Lipinski definition) is 2. The molecule has 0 aromatic rings. The summed E-state index contributed by atoms with van der Waals surface area (Å²) in [6.07, 6.45) is 2.14. The van der Waals surface area contributed by atoms with E-state index in [0.717, 1.165) is 25.4 Å². The third kappa shape index (κ3) is 0.909. The molecule has 5 atom stereocenters. The first-order valence-corrected chi connectivity index (χ1v) is 5.21. The van der Waals surface area contributed by atoms with E-state index in [1.54, 1.807) is 0 Å². The number of carbonyl (C=O) groups is 1. The lowest BCUT2D eigenvalue weighted by Crippen LogP contribution is -2.31. The largest absolute Gasteiger partial charge is 0.481 e. The number of hydrogen-bond donors (Lipinski definition) is 2. The van der Waals surface area contributed by atoms with E-state index in [0.29, 0.717) is 17.8 Å². The van der Waals surface area contributed by atoms with Crippen molar-refractivity contribution >= 4 is 5.97 Å². The Hall–Kier alpha value is -0.570. The summed E-state index contributed by atoms with van der Waals surface area (Å²) >= 11 is 0. The summed E-state index contributed by atoms with van der Waals surface area (Å²) in [5, 5.41) is 12.4. The maximum Gasteiger partial charge on any atom is 0.306 e. The molecule has 1 heterocycles. The quantitative estimate of drug-likeness (QED) is 0.621. The molecule has 0 aromatic carbocycles. The van der Waals surface area contributed by atoms with Crippen LogP contribution >= 0.6 is 0 Å². The standard InChI is InChI=1S/C10H15NO2/c12-10(13)7-2-5-1-6(7)9-4-11-3-8(5)9/h5-9,11H,1-4H2,(H,12,13)/t5-,6+,7-,8+,9-/m1/s1. The molecule has 3 nitrogen and oxygen atoms in total. The predicted octanol–water partition coefficient (Wildman–Crippen LogP) is 0.563. The van der Waals surface area contributed by atoms with Gasteiger partial charge in [-0.25, -0.2) is 0 Å². The van der Waals surface area contributed by atoms with Crippen LogP contribution in [0.3, 0.4) is 0 Å². The normalized spacial score (nSPS) is 52.5. The van der Waals surface area contributed by atoms with E-state index < -0.39 is 5.97 Å². The van der Waals surface area contributed by atoms with E-state index in [1.165, 1.54) is 6.42 Å². The molecular formula is C10H15NO2. The number of carboxylic acid groups (broad SMARTS) is 1. The van der Waals surface area contributed by atoms with Crippen LogP contribution < -0.4 is 5.32 Å². The Bertz CT molecular complexity index is 253. The highest BCUT2D eigenvalue weighted by molar-refractivity contribution is 5.71. The second-order valence-corrected chi connectivity index (χ2v) is 4.83. The lowest BCUT2D eigenvalue weighted by Gasteiger charge is -2.27. The molecule has 3 aliphatic rings. The first-order chi connectivity index (χ1) is 6.27. The Morgan fingerprint density at radius 3 is 2.69 bits per heavy atom. The van der Waals surface area contributed by atoms with Crippen LogP contribution in [0.1, 0.15) is 12.8 Å². The van der Waals surface area contributed by atoms with Gasteiger partial charge < -0.3 is 10.4 Å². The summed E-state index contributed by atoms with van der Waals surface area (Å²) in [4.78, 5) is 11.0. The zero-order valence-electron chi connectivity index (χ0n) is 7.57. The van der Waals surface area contributed by atoms with Gasteiger partial charge in [-0.2, -0.15) is 0 Å². The van der Waals surface area contributed by atoms with Crippen molar-refractivity contribution in [3.05, 3.63) is 0 Å². The molecule has 1 saturated heterocycles. The topological polar surface area (TPSA) is 49.3 Å². The molecule has 0 amide bonds. The van der Waals surface area contributed by atoms with E-state index in [4.69, 9.17) is 5.11 Å². The molecule has 0 spiro atoms. The van der Waals surface area contributed by atoms with Gasteiger partial charge in [-0.1, -0.05) is 0 Å². The third-order valence-electron chi connectivity index (χ3n) is 4.43. The summed E-state index contributed by atoms with van der Waals surface area (Å²) < 4.78 is 0. The van der Waals surface area contributed by atoms with Crippen LogP contribution in [0.5, 0.6) is 0 Å². The maximum atomic E-state index is 11.0. The molecule has 0 unspecified atom stereocenters. The molecule has 0 aromatic heterocycles. The summed E-state index contributed by atoms with van der Waals surface area (Å²) in [5.41, 5.74) is 0. The zero-order chi connectivity index (χ0) is 9.00. The molecule has 3 rings (SSSR count). The SMILES string of the molecule is O=C(O)[C@@H]1C[C@H]2C[C@@H]1[C@H]1CNC[C@@H]21. The van der Waals surface area contributed by atoms with Crippen molar-refractivity contribution in [2.24, 2.45) is 29.6 Å². The number of rotatable bonds is 1. The van der Waals surface area contributed by atoms with Gasteiger partial charge in [0.2, 0.25) is 0 Å². The van der Waals surface area contributed by atoms with Crippen LogP contribution in [0.25, 0.3) is 0 Å². The fraction of sp³-hybridized carbons (Fsp3) is 0.900. The van der Waals surface area contributed by atoms with Gasteiger partial charge >= 0.3 is 5.97 Å². The van der Waals surface area contributed by atoms with Crippen LogP contribution in [0, 0.1) is 29.6 Å².